The molecular formula is C72H53Cl3N6O2. The van der Waals surface area contributed by atoms with Crippen molar-refractivity contribution in [3.63, 3.8) is 0 Å². The van der Waals surface area contributed by atoms with Crippen LogP contribution in [-0.4, -0.2) is 9.97 Å². The Labute approximate surface area is 496 Å². The van der Waals surface area contributed by atoms with Crippen molar-refractivity contribution in [3.05, 3.63) is 306 Å². The first kappa shape index (κ1) is 53.8. The number of fused-ring (bicyclic) bond motifs is 6. The minimum Gasteiger partial charge on any atom is -0.438 e. The molecule has 0 atom stereocenters. The summed E-state index contributed by atoms with van der Waals surface area (Å²) in [5.41, 5.74) is 15.3. The molecule has 404 valence electrons. The van der Waals surface area contributed by atoms with E-state index in [-0.39, 0.29) is 0 Å². The Morgan fingerprint density at radius 2 is 0.639 bits per heavy atom. The summed E-state index contributed by atoms with van der Waals surface area (Å²) in [5, 5.41) is 9.01. The van der Waals surface area contributed by atoms with Crippen LogP contribution < -0.4 is 20.0 Å². The van der Waals surface area contributed by atoms with Crippen LogP contribution in [0.25, 0.3) is 44.1 Å². The number of furan rings is 2. The molecule has 0 bridgehead atoms. The number of para-hydroxylation sites is 6. The van der Waals surface area contributed by atoms with Gasteiger partial charge in [0.05, 0.1) is 32.1 Å². The van der Waals surface area contributed by atoms with Crippen molar-refractivity contribution in [1.29, 1.82) is 0 Å². The number of hydrogen-bond donors (Lipinski definition) is 1. The Morgan fingerprint density at radius 1 is 0.313 bits per heavy atom. The van der Waals surface area contributed by atoms with Gasteiger partial charge in [-0.05, 0) is 159 Å². The molecule has 8 nitrogen and oxygen atoms in total. The van der Waals surface area contributed by atoms with Crippen molar-refractivity contribution < 1.29 is 8.83 Å². The van der Waals surface area contributed by atoms with Gasteiger partial charge in [-0.2, -0.15) is 0 Å². The molecule has 14 aromatic rings. The van der Waals surface area contributed by atoms with Gasteiger partial charge in [-0.25, -0.2) is 9.97 Å². The van der Waals surface area contributed by atoms with E-state index in [9.17, 15) is 0 Å². The monoisotopic (exact) mass is 1140 g/mol. The van der Waals surface area contributed by atoms with Gasteiger partial charge >= 0.3 is 0 Å². The summed E-state index contributed by atoms with van der Waals surface area (Å²) in [4.78, 5) is 15.5. The van der Waals surface area contributed by atoms with Crippen LogP contribution in [0.4, 0.5) is 62.6 Å². The van der Waals surface area contributed by atoms with Gasteiger partial charge in [0.25, 0.3) is 0 Å². The molecule has 0 spiro atoms. The average Bonchev–Trinajstić information content (AvgIpc) is 3.78. The fourth-order valence-electron chi connectivity index (χ4n) is 10.1. The Balaban J connectivity index is 0.000000140. The Hall–Kier alpha value is -9.83. The second kappa shape index (κ2) is 24.5. The highest BCUT2D eigenvalue weighted by Crippen LogP contribution is 2.48. The van der Waals surface area contributed by atoms with Crippen LogP contribution in [0.3, 0.4) is 0 Å². The molecule has 0 radical (unpaired) electrons. The number of nitrogens with zero attached hydrogens (tertiary/aromatic N) is 5. The lowest BCUT2D eigenvalue weighted by Crippen LogP contribution is -2.14. The first-order chi connectivity index (χ1) is 40.7. The molecule has 0 amide bonds. The van der Waals surface area contributed by atoms with Crippen molar-refractivity contribution in [3.8, 4) is 0 Å². The van der Waals surface area contributed by atoms with Crippen molar-refractivity contribution in [2.24, 2.45) is 0 Å². The molecule has 0 saturated carbocycles. The minimum atomic E-state index is 0.500. The summed E-state index contributed by atoms with van der Waals surface area (Å²) < 4.78 is 12.3. The van der Waals surface area contributed by atoms with E-state index in [1.165, 1.54) is 0 Å². The highest BCUT2D eigenvalue weighted by Gasteiger charge is 2.24. The van der Waals surface area contributed by atoms with Gasteiger partial charge < -0.3 is 28.9 Å². The molecule has 14 rings (SSSR count). The van der Waals surface area contributed by atoms with Crippen molar-refractivity contribution in [1.82, 2.24) is 9.97 Å². The normalized spacial score (nSPS) is 11.0. The van der Waals surface area contributed by atoms with Crippen LogP contribution in [0.5, 0.6) is 0 Å². The molecule has 11 heteroatoms. The number of aromatic nitrogens is 2. The highest BCUT2D eigenvalue weighted by molar-refractivity contribution is 6.44. The van der Waals surface area contributed by atoms with E-state index < -0.39 is 0 Å². The van der Waals surface area contributed by atoms with Crippen molar-refractivity contribution in [2.45, 2.75) is 13.8 Å². The maximum absolute atomic E-state index is 7.38. The van der Waals surface area contributed by atoms with Crippen LogP contribution in [0.2, 0.25) is 15.1 Å². The number of rotatable bonds is 11. The number of benzene rings is 10. The predicted molar refractivity (Wildman–Crippen MR) is 348 cm³/mol. The van der Waals surface area contributed by atoms with Crippen LogP contribution >= 0.6 is 34.8 Å². The van der Waals surface area contributed by atoms with Gasteiger partial charge in [-0.1, -0.05) is 156 Å². The van der Waals surface area contributed by atoms with Gasteiger partial charge in [-0.3, -0.25) is 0 Å². The summed E-state index contributed by atoms with van der Waals surface area (Å²) >= 11 is 20.3. The molecule has 0 aliphatic heterocycles. The van der Waals surface area contributed by atoms with E-state index in [2.05, 4.69) is 121 Å². The molecule has 0 saturated heterocycles. The molecule has 4 heterocycles. The van der Waals surface area contributed by atoms with Crippen LogP contribution in [0.1, 0.15) is 11.4 Å². The number of halogens is 3. The molecule has 1 N–H and O–H groups in total. The molecule has 4 aromatic heterocycles. The number of hydrogen-bond acceptors (Lipinski definition) is 8. The highest BCUT2D eigenvalue weighted by atomic mass is 35.5. The summed E-state index contributed by atoms with van der Waals surface area (Å²) in [6, 6.07) is 93.5. The lowest BCUT2D eigenvalue weighted by atomic mass is 10.1. The molecule has 83 heavy (non-hydrogen) atoms. The third-order valence-corrected chi connectivity index (χ3v) is 15.1. The number of aryl methyl sites for hydroxylation is 2. The molecule has 0 aliphatic carbocycles. The first-order valence-corrected chi connectivity index (χ1v) is 28.2. The molecule has 10 aromatic carbocycles. The van der Waals surface area contributed by atoms with Crippen LogP contribution in [0.15, 0.2) is 288 Å². The Morgan fingerprint density at radius 3 is 1.02 bits per heavy atom. The zero-order valence-electron chi connectivity index (χ0n) is 45.2. The average molecular weight is 1140 g/mol. The zero-order chi connectivity index (χ0) is 56.7. The Bertz CT molecular complexity index is 4420. The quantitative estimate of drug-likeness (QED) is 0.137. The number of nitrogens with one attached hydrogen (secondary N) is 1. The first-order valence-electron chi connectivity index (χ1n) is 27.0. The van der Waals surface area contributed by atoms with Crippen LogP contribution in [0, 0.1) is 13.8 Å². The lowest BCUT2D eigenvalue weighted by molar-refractivity contribution is 0.652. The third-order valence-electron chi connectivity index (χ3n) is 13.9. The fourth-order valence-corrected chi connectivity index (χ4v) is 10.7. The second-order valence-corrected chi connectivity index (χ2v) is 20.7. The number of pyridine rings is 2. The van der Waals surface area contributed by atoms with E-state index >= 15 is 0 Å². The maximum Gasteiger partial charge on any atom is 0.227 e. The molecule has 0 unspecified atom stereocenters. The molecule has 0 fully saturated rings. The lowest BCUT2D eigenvalue weighted by Gasteiger charge is -2.30. The van der Waals surface area contributed by atoms with Crippen molar-refractivity contribution in [2.75, 3.05) is 20.0 Å². The zero-order valence-corrected chi connectivity index (χ0v) is 47.5. The second-order valence-electron chi connectivity index (χ2n) is 19.6. The summed E-state index contributed by atoms with van der Waals surface area (Å²) in [5.74, 6) is 0. The van der Waals surface area contributed by atoms with Crippen LogP contribution in [-0.2, 0) is 0 Å². The fraction of sp³-hybridized carbons (Fsp3) is 0.0278. The molecular weight excluding hydrogens is 1090 g/mol. The van der Waals surface area contributed by atoms with Gasteiger partial charge in [0.1, 0.15) is 11.2 Å². The van der Waals surface area contributed by atoms with E-state index in [4.69, 9.17) is 43.6 Å². The van der Waals surface area contributed by atoms with Gasteiger partial charge in [0, 0.05) is 90.6 Å². The largest absolute Gasteiger partial charge is 0.438 e. The van der Waals surface area contributed by atoms with Gasteiger partial charge in [-0.15, -0.1) is 0 Å². The van der Waals surface area contributed by atoms with E-state index in [0.29, 0.717) is 26.5 Å². The van der Waals surface area contributed by atoms with E-state index in [1.807, 2.05) is 196 Å². The maximum atomic E-state index is 7.38. The summed E-state index contributed by atoms with van der Waals surface area (Å²) in [6.07, 6.45) is 0. The molecule has 0 aliphatic rings. The summed E-state index contributed by atoms with van der Waals surface area (Å²) in [6.45, 7) is 3.93. The standard InChI is InChI=1S/C36H26ClN3O.C24H16Cl2N2O.C12H11N/c1-25-20-22-31-30-23-21-29(24-34(30)41-36(31)38-25)40(28-16-9-4-10-17-28)33-19-11-18-32(35(33)37)39(26-12-5-2-6-13-26)27-14-7-3-8-15-27;1-15-10-12-19-18-13-11-17(14-22(18)29-24(19)27-15)28(16-6-3-2-4-7-16)21-9-5-8-20(25)23(21)26;1-3-7-11(8-4-1)13-12-9-5-2-6-10-12/h2-24H,1H3;2-14H,1H3;1-10,13H. The van der Waals surface area contributed by atoms with E-state index in [0.717, 1.165) is 107 Å². The van der Waals surface area contributed by atoms with E-state index in [1.54, 1.807) is 6.07 Å². The van der Waals surface area contributed by atoms with Gasteiger partial charge in [0.15, 0.2) is 0 Å². The van der Waals surface area contributed by atoms with Gasteiger partial charge in [0.2, 0.25) is 11.4 Å². The Kier molecular flexibility index (Phi) is 15.9. The number of anilines is 11. The topological polar surface area (TPSA) is 73.8 Å². The minimum absolute atomic E-state index is 0.500. The smallest absolute Gasteiger partial charge is 0.227 e. The predicted octanol–water partition coefficient (Wildman–Crippen LogP) is 22.4. The van der Waals surface area contributed by atoms with Crippen molar-refractivity contribution >= 4 is 142 Å². The SMILES string of the molecule is Cc1ccc2c(n1)oc1cc(N(c3ccccc3)c3cccc(Cl)c3Cl)ccc12.Cc1ccc2c(n1)oc1cc(N(c3ccccc3)c3cccc(N(c4ccccc4)c4ccccc4)c3Cl)ccc12.c1ccc(Nc2ccccc2)cc1. The third kappa shape index (κ3) is 11.7. The summed E-state index contributed by atoms with van der Waals surface area (Å²) in [7, 11) is 0.